The minimum atomic E-state index is -1.04. The van der Waals surface area contributed by atoms with Gasteiger partial charge in [0, 0.05) is 16.8 Å². The number of nitriles is 1. The van der Waals surface area contributed by atoms with Crippen LogP contribution in [0.5, 0.6) is 5.75 Å². The van der Waals surface area contributed by atoms with E-state index in [2.05, 4.69) is 4.98 Å². The van der Waals surface area contributed by atoms with E-state index in [1.165, 1.54) is 12.1 Å². The summed E-state index contributed by atoms with van der Waals surface area (Å²) in [5, 5.41) is 18.4. The van der Waals surface area contributed by atoms with E-state index < -0.39 is 11.5 Å². The van der Waals surface area contributed by atoms with Gasteiger partial charge in [-0.3, -0.25) is 4.79 Å². The average Bonchev–Trinajstić information content (AvgIpc) is 2.67. The summed E-state index contributed by atoms with van der Waals surface area (Å²) in [5.41, 5.74) is 1.88. The molecule has 6 heteroatoms. The molecule has 0 amide bonds. The summed E-state index contributed by atoms with van der Waals surface area (Å²) in [6, 6.07) is 16.8. The number of carbonyl (C=O) groups is 1. The van der Waals surface area contributed by atoms with Crippen LogP contribution in [0.25, 0.3) is 22.4 Å². The SMILES string of the molecule is COc1cccc(-c2cc(-c3ccc(C(=O)O)cc3)c(C#N)c(=O)[nH]2)c1. The summed E-state index contributed by atoms with van der Waals surface area (Å²) >= 11 is 0. The molecule has 0 saturated heterocycles. The molecule has 3 rings (SSSR count). The van der Waals surface area contributed by atoms with E-state index in [1.807, 2.05) is 12.1 Å². The van der Waals surface area contributed by atoms with E-state index in [4.69, 9.17) is 9.84 Å². The Labute approximate surface area is 148 Å². The van der Waals surface area contributed by atoms with Crippen LogP contribution in [-0.2, 0) is 0 Å². The molecule has 0 atom stereocenters. The molecule has 1 heterocycles. The number of benzene rings is 2. The molecule has 0 saturated carbocycles. The fourth-order valence-corrected chi connectivity index (χ4v) is 2.64. The third kappa shape index (κ3) is 3.19. The summed E-state index contributed by atoms with van der Waals surface area (Å²) in [4.78, 5) is 26.1. The van der Waals surface area contributed by atoms with Crippen LogP contribution in [0.2, 0.25) is 0 Å². The number of pyridine rings is 1. The van der Waals surface area contributed by atoms with Gasteiger partial charge in [-0.1, -0.05) is 24.3 Å². The molecule has 6 nitrogen and oxygen atoms in total. The van der Waals surface area contributed by atoms with Crippen LogP contribution in [0, 0.1) is 11.3 Å². The molecule has 0 fully saturated rings. The molecular formula is C20H14N2O4. The van der Waals surface area contributed by atoms with Crippen molar-refractivity contribution in [2.45, 2.75) is 0 Å². The topological polar surface area (TPSA) is 103 Å². The van der Waals surface area contributed by atoms with Crippen LogP contribution in [0.4, 0.5) is 0 Å². The van der Waals surface area contributed by atoms with Gasteiger partial charge in [0.15, 0.2) is 0 Å². The molecule has 0 spiro atoms. The Balaban J connectivity index is 2.18. The zero-order valence-electron chi connectivity index (χ0n) is 13.8. The Bertz CT molecular complexity index is 1080. The second-order valence-corrected chi connectivity index (χ2v) is 5.53. The lowest BCUT2D eigenvalue weighted by Crippen LogP contribution is -2.12. The highest BCUT2D eigenvalue weighted by Crippen LogP contribution is 2.28. The smallest absolute Gasteiger partial charge is 0.335 e. The van der Waals surface area contributed by atoms with E-state index in [0.717, 1.165) is 5.56 Å². The first kappa shape index (κ1) is 17.0. The second kappa shape index (κ2) is 6.95. The molecular weight excluding hydrogens is 332 g/mol. The Morgan fingerprint density at radius 1 is 1.12 bits per heavy atom. The quantitative estimate of drug-likeness (QED) is 0.754. The zero-order valence-corrected chi connectivity index (χ0v) is 13.8. The Kier molecular flexibility index (Phi) is 4.54. The molecule has 3 aromatic rings. The van der Waals surface area contributed by atoms with Crippen molar-refractivity contribution in [1.82, 2.24) is 4.98 Å². The van der Waals surface area contributed by atoms with Crippen LogP contribution in [0.15, 0.2) is 59.4 Å². The number of H-pyrrole nitrogens is 1. The number of carboxylic acid groups (broad SMARTS) is 1. The van der Waals surface area contributed by atoms with Crippen molar-refractivity contribution in [2.24, 2.45) is 0 Å². The fourth-order valence-electron chi connectivity index (χ4n) is 2.64. The standard InChI is InChI=1S/C20H14N2O4/c1-26-15-4-2-3-14(9-15)18-10-16(17(11-21)19(23)22-18)12-5-7-13(8-6-12)20(24)25/h2-10H,1H3,(H,22,23)(H,24,25). The van der Waals surface area contributed by atoms with Gasteiger partial charge in [0.05, 0.1) is 12.7 Å². The first-order chi connectivity index (χ1) is 12.5. The second-order valence-electron chi connectivity index (χ2n) is 5.53. The van der Waals surface area contributed by atoms with Gasteiger partial charge in [-0.15, -0.1) is 0 Å². The molecule has 0 radical (unpaired) electrons. The van der Waals surface area contributed by atoms with Gasteiger partial charge in [-0.25, -0.2) is 4.79 Å². The minimum Gasteiger partial charge on any atom is -0.497 e. The number of nitrogens with zero attached hydrogens (tertiary/aromatic N) is 1. The number of nitrogens with one attached hydrogen (secondary N) is 1. The molecule has 128 valence electrons. The van der Waals surface area contributed by atoms with E-state index in [-0.39, 0.29) is 11.1 Å². The number of hydrogen-bond donors (Lipinski definition) is 2. The normalized spacial score (nSPS) is 10.2. The van der Waals surface area contributed by atoms with Gasteiger partial charge in [0.2, 0.25) is 0 Å². The lowest BCUT2D eigenvalue weighted by Gasteiger charge is -2.09. The maximum Gasteiger partial charge on any atom is 0.335 e. The average molecular weight is 346 g/mol. The molecule has 1 aromatic heterocycles. The fraction of sp³-hybridized carbons (Fsp3) is 0.0500. The van der Waals surface area contributed by atoms with Crippen molar-refractivity contribution in [1.29, 1.82) is 5.26 Å². The number of ether oxygens (including phenoxy) is 1. The molecule has 2 N–H and O–H groups in total. The van der Waals surface area contributed by atoms with Crippen LogP contribution in [-0.4, -0.2) is 23.2 Å². The molecule has 26 heavy (non-hydrogen) atoms. The lowest BCUT2D eigenvalue weighted by molar-refractivity contribution is 0.0697. The summed E-state index contributed by atoms with van der Waals surface area (Å²) in [6.07, 6.45) is 0. The van der Waals surface area contributed by atoms with E-state index >= 15 is 0 Å². The maximum atomic E-state index is 12.4. The van der Waals surface area contributed by atoms with E-state index in [9.17, 15) is 14.9 Å². The van der Waals surface area contributed by atoms with Crippen LogP contribution >= 0.6 is 0 Å². The number of aromatic amines is 1. The van der Waals surface area contributed by atoms with Gasteiger partial charge in [0.25, 0.3) is 5.56 Å². The molecule has 0 aliphatic rings. The third-order valence-electron chi connectivity index (χ3n) is 3.97. The van der Waals surface area contributed by atoms with Crippen molar-refractivity contribution in [3.63, 3.8) is 0 Å². The number of aromatic nitrogens is 1. The van der Waals surface area contributed by atoms with Crippen molar-refractivity contribution < 1.29 is 14.6 Å². The van der Waals surface area contributed by atoms with Crippen molar-refractivity contribution >= 4 is 5.97 Å². The van der Waals surface area contributed by atoms with Gasteiger partial charge in [-0.2, -0.15) is 5.26 Å². The third-order valence-corrected chi connectivity index (χ3v) is 3.97. The zero-order chi connectivity index (χ0) is 18.7. The number of hydrogen-bond acceptors (Lipinski definition) is 4. The van der Waals surface area contributed by atoms with Crippen molar-refractivity contribution in [2.75, 3.05) is 7.11 Å². The van der Waals surface area contributed by atoms with Gasteiger partial charge in [-0.05, 0) is 35.9 Å². The Morgan fingerprint density at radius 2 is 1.85 bits per heavy atom. The highest BCUT2D eigenvalue weighted by atomic mass is 16.5. The number of carboxylic acids is 1. The highest BCUT2D eigenvalue weighted by molar-refractivity contribution is 5.88. The molecule has 0 unspecified atom stereocenters. The van der Waals surface area contributed by atoms with Crippen LogP contribution in [0.1, 0.15) is 15.9 Å². The predicted octanol–water partition coefficient (Wildman–Crippen LogP) is 3.29. The summed E-state index contributed by atoms with van der Waals surface area (Å²) < 4.78 is 5.20. The molecule has 0 bridgehead atoms. The van der Waals surface area contributed by atoms with Crippen LogP contribution in [0.3, 0.4) is 0 Å². The Morgan fingerprint density at radius 3 is 2.46 bits per heavy atom. The maximum absolute atomic E-state index is 12.4. The van der Waals surface area contributed by atoms with E-state index in [0.29, 0.717) is 22.6 Å². The van der Waals surface area contributed by atoms with E-state index in [1.54, 1.807) is 43.5 Å². The summed E-state index contributed by atoms with van der Waals surface area (Å²) in [7, 11) is 1.55. The summed E-state index contributed by atoms with van der Waals surface area (Å²) in [6.45, 7) is 0. The predicted molar refractivity (Wildman–Crippen MR) is 96.2 cm³/mol. The molecule has 0 aliphatic heterocycles. The number of aromatic carboxylic acids is 1. The van der Waals surface area contributed by atoms with Gasteiger partial charge >= 0.3 is 5.97 Å². The van der Waals surface area contributed by atoms with Crippen molar-refractivity contribution in [3.8, 4) is 34.2 Å². The highest BCUT2D eigenvalue weighted by Gasteiger charge is 2.13. The van der Waals surface area contributed by atoms with Gasteiger partial charge in [0.1, 0.15) is 17.4 Å². The number of rotatable bonds is 4. The monoisotopic (exact) mass is 346 g/mol. The Hall–Kier alpha value is -3.85. The number of methoxy groups -OCH3 is 1. The van der Waals surface area contributed by atoms with Crippen LogP contribution < -0.4 is 10.3 Å². The first-order valence-corrected chi connectivity index (χ1v) is 7.69. The van der Waals surface area contributed by atoms with Crippen molar-refractivity contribution in [3.05, 3.63) is 76.1 Å². The molecule has 2 aromatic carbocycles. The first-order valence-electron chi connectivity index (χ1n) is 7.69. The summed E-state index contributed by atoms with van der Waals surface area (Å²) in [5.74, 6) is -0.403. The largest absolute Gasteiger partial charge is 0.497 e. The molecule has 0 aliphatic carbocycles. The minimum absolute atomic E-state index is 0.0280. The lowest BCUT2D eigenvalue weighted by atomic mass is 9.98. The van der Waals surface area contributed by atoms with Gasteiger partial charge < -0.3 is 14.8 Å².